The van der Waals surface area contributed by atoms with Crippen molar-refractivity contribution in [3.8, 4) is 0 Å². The first-order valence-corrected chi connectivity index (χ1v) is 28.8. The van der Waals surface area contributed by atoms with Crippen LogP contribution in [0.3, 0.4) is 0 Å². The van der Waals surface area contributed by atoms with Gasteiger partial charge in [-0.05, 0) is 116 Å². The Morgan fingerprint density at radius 1 is 0.493 bits per heavy atom. The summed E-state index contributed by atoms with van der Waals surface area (Å²) < 4.78 is 23.2. The number of likely N-dealkylation sites (N-methyl/N-ethyl adjacent to an activating group) is 1. The molecule has 0 aromatic carbocycles. The minimum Gasteiger partial charge on any atom is -0.756 e. The fourth-order valence-electron chi connectivity index (χ4n) is 6.75. The van der Waals surface area contributed by atoms with Gasteiger partial charge in [-0.3, -0.25) is 9.36 Å². The Hall–Kier alpha value is -3.88. The van der Waals surface area contributed by atoms with Crippen molar-refractivity contribution in [2.45, 2.75) is 187 Å². The van der Waals surface area contributed by atoms with Gasteiger partial charge in [-0.15, -0.1) is 0 Å². The number of aliphatic hydroxyl groups excluding tert-OH is 1. The molecule has 0 heterocycles. The number of phosphoric acid groups is 1. The van der Waals surface area contributed by atoms with Crippen LogP contribution in [-0.4, -0.2) is 68.5 Å². The Bertz CT molecular complexity index is 1700. The van der Waals surface area contributed by atoms with Gasteiger partial charge in [-0.2, -0.15) is 0 Å². The van der Waals surface area contributed by atoms with Crippen molar-refractivity contribution in [1.82, 2.24) is 5.32 Å². The van der Waals surface area contributed by atoms with Gasteiger partial charge >= 0.3 is 0 Å². The first-order valence-electron chi connectivity index (χ1n) is 27.3. The van der Waals surface area contributed by atoms with E-state index in [4.69, 9.17) is 9.05 Å². The number of nitrogens with one attached hydrogen (secondary N) is 1. The van der Waals surface area contributed by atoms with E-state index in [2.05, 4.69) is 165 Å². The third-order valence-corrected chi connectivity index (χ3v) is 11.9. The highest BCUT2D eigenvalue weighted by molar-refractivity contribution is 7.45. The number of nitrogens with zero attached hydrogens (tertiary/aromatic N) is 1. The zero-order chi connectivity index (χ0) is 52.0. The molecule has 0 bridgehead atoms. The quantitative estimate of drug-likeness (QED) is 0.0272. The van der Waals surface area contributed by atoms with E-state index in [0.717, 1.165) is 128 Å². The minimum absolute atomic E-state index is 0.0195. The Balaban J connectivity index is 4.12. The molecule has 400 valence electrons. The monoisotopic (exact) mass is 1000 g/mol. The molecule has 0 aromatic heterocycles. The fraction of sp³-hybridized carbons (Fsp3) is 0.565. The van der Waals surface area contributed by atoms with E-state index in [0.29, 0.717) is 17.4 Å². The molecule has 0 aromatic rings. The lowest BCUT2D eigenvalue weighted by molar-refractivity contribution is -0.870. The average molecular weight is 1000 g/mol. The predicted octanol–water partition coefficient (Wildman–Crippen LogP) is 16.1. The lowest BCUT2D eigenvalue weighted by atomic mass is 10.1. The summed E-state index contributed by atoms with van der Waals surface area (Å²) in [4.78, 5) is 25.3. The van der Waals surface area contributed by atoms with Gasteiger partial charge in [0.25, 0.3) is 7.82 Å². The van der Waals surface area contributed by atoms with Gasteiger partial charge in [0.1, 0.15) is 13.2 Å². The second kappa shape index (κ2) is 51.0. The van der Waals surface area contributed by atoms with Crippen LogP contribution in [0, 0.1) is 0 Å². The molecule has 3 unspecified atom stereocenters. The zero-order valence-electron chi connectivity index (χ0n) is 45.3. The summed E-state index contributed by atoms with van der Waals surface area (Å²) in [6.07, 6.45) is 80.5. The van der Waals surface area contributed by atoms with Crippen molar-refractivity contribution in [2.24, 2.45) is 0 Å². The summed E-state index contributed by atoms with van der Waals surface area (Å²) in [6.45, 7) is 4.33. The highest BCUT2D eigenvalue weighted by Gasteiger charge is 2.23. The molecule has 1 amide bonds. The summed E-state index contributed by atoms with van der Waals surface area (Å²) >= 11 is 0. The number of hydrogen-bond donors (Lipinski definition) is 2. The number of carbonyl (C=O) groups is 1. The van der Waals surface area contributed by atoms with Crippen molar-refractivity contribution in [3.05, 3.63) is 158 Å². The Morgan fingerprint density at radius 3 is 1.25 bits per heavy atom. The van der Waals surface area contributed by atoms with Crippen LogP contribution in [0.1, 0.15) is 174 Å². The highest BCUT2D eigenvalue weighted by Crippen LogP contribution is 2.38. The van der Waals surface area contributed by atoms with E-state index in [1.807, 2.05) is 27.2 Å². The molecule has 0 fully saturated rings. The Labute approximate surface area is 435 Å². The van der Waals surface area contributed by atoms with E-state index < -0.39 is 26.6 Å². The van der Waals surface area contributed by atoms with Crippen LogP contribution in [0.2, 0.25) is 0 Å². The summed E-state index contributed by atoms with van der Waals surface area (Å²) in [5, 5.41) is 13.7. The number of aliphatic hydroxyl groups is 1. The van der Waals surface area contributed by atoms with Crippen LogP contribution in [-0.2, 0) is 18.4 Å². The standard InChI is InChI=1S/C62H101N2O6P/c1-6-8-10-12-14-16-18-19-20-21-22-23-24-25-26-27-28-29-30-31-32-33-34-35-36-37-38-39-40-41-42-43-44-45-46-48-50-52-54-56-62(66)63-60(59-70-71(67,68)69-58-57-64(3,4)5)61(65)55-53-51-49-47-17-15-13-11-9-7-2/h8-11,14,16-17,19-20,22-23,25-26,28-29,31-32,34-35,37-38,40-41,47,53,55,60-61,65H,6-7,12-13,15,18,21,24,27,30,33,36,39,42-46,48-52,54,56-59H2,1-5H3,(H-,63,66,67,68)/b10-8-,11-9+,16-14-,20-19-,23-22-,26-25-,29-28-,32-31-,35-34-,38-37-,41-40-,47-17+,55-53+. The number of quaternary nitrogens is 1. The smallest absolute Gasteiger partial charge is 0.268 e. The first kappa shape index (κ1) is 67.1. The van der Waals surface area contributed by atoms with Crippen molar-refractivity contribution in [2.75, 3.05) is 40.9 Å². The summed E-state index contributed by atoms with van der Waals surface area (Å²) in [6, 6.07) is -0.924. The van der Waals surface area contributed by atoms with E-state index in [1.165, 1.54) is 25.7 Å². The Morgan fingerprint density at radius 2 is 0.831 bits per heavy atom. The molecular formula is C62H101N2O6P. The summed E-state index contributed by atoms with van der Waals surface area (Å²) in [5.41, 5.74) is 0. The molecule has 0 saturated carbocycles. The van der Waals surface area contributed by atoms with Crippen LogP contribution < -0.4 is 10.2 Å². The van der Waals surface area contributed by atoms with Crippen molar-refractivity contribution >= 4 is 13.7 Å². The van der Waals surface area contributed by atoms with Gasteiger partial charge in [-0.25, -0.2) is 0 Å². The second-order valence-electron chi connectivity index (χ2n) is 18.8. The molecule has 0 aliphatic carbocycles. The third kappa shape index (κ3) is 53.7. The van der Waals surface area contributed by atoms with Crippen LogP contribution in [0.25, 0.3) is 0 Å². The molecular weight excluding hydrogens is 900 g/mol. The minimum atomic E-state index is -4.61. The van der Waals surface area contributed by atoms with Crippen molar-refractivity contribution < 1.29 is 32.9 Å². The molecule has 8 nitrogen and oxygen atoms in total. The van der Waals surface area contributed by atoms with Gasteiger partial charge < -0.3 is 28.8 Å². The second-order valence-corrected chi connectivity index (χ2v) is 20.2. The SMILES string of the molecule is CC/C=C\C/C=C\C/C=C\C/C=C\C/C=C\C/C=C\C/C=C\C/C=C\C/C=C\C/C=C\CCCCCCCCCCC(=O)NC(COP(=O)([O-])OCC[N+](C)(C)C)C(O)/C=C/CC/C=C/CC/C=C/CC. The highest BCUT2D eigenvalue weighted by atomic mass is 31.2. The predicted molar refractivity (Wildman–Crippen MR) is 306 cm³/mol. The van der Waals surface area contributed by atoms with Crippen LogP contribution in [0.5, 0.6) is 0 Å². The molecule has 0 aliphatic rings. The maximum Gasteiger partial charge on any atom is 0.268 e. The number of hydrogen-bond acceptors (Lipinski definition) is 6. The molecule has 2 N–H and O–H groups in total. The number of carbonyl (C=O) groups excluding carboxylic acids is 1. The maximum atomic E-state index is 12.9. The van der Waals surface area contributed by atoms with Gasteiger partial charge in [0.2, 0.25) is 5.91 Å². The normalized spacial score (nSPS) is 15.2. The average Bonchev–Trinajstić information content (AvgIpc) is 3.33. The molecule has 3 atom stereocenters. The molecule has 0 saturated heterocycles. The van der Waals surface area contributed by atoms with Crippen LogP contribution in [0.4, 0.5) is 0 Å². The van der Waals surface area contributed by atoms with Gasteiger partial charge in [0.05, 0.1) is 39.9 Å². The topological polar surface area (TPSA) is 108 Å². The summed E-state index contributed by atoms with van der Waals surface area (Å²) in [7, 11) is 1.20. The third-order valence-electron chi connectivity index (χ3n) is 11.0. The Kier molecular flexibility index (Phi) is 48.2. The number of rotatable bonds is 47. The van der Waals surface area contributed by atoms with E-state index in [1.54, 1.807) is 6.08 Å². The molecule has 9 heteroatoms. The molecule has 71 heavy (non-hydrogen) atoms. The first-order chi connectivity index (χ1) is 34.5. The van der Waals surface area contributed by atoms with Gasteiger partial charge in [0.15, 0.2) is 0 Å². The largest absolute Gasteiger partial charge is 0.756 e. The van der Waals surface area contributed by atoms with E-state index in [-0.39, 0.29) is 12.5 Å². The van der Waals surface area contributed by atoms with Gasteiger partial charge in [0, 0.05) is 6.42 Å². The summed E-state index contributed by atoms with van der Waals surface area (Å²) in [5.74, 6) is -0.231. The number of allylic oxidation sites excluding steroid dienone is 25. The van der Waals surface area contributed by atoms with Crippen molar-refractivity contribution in [3.63, 3.8) is 0 Å². The van der Waals surface area contributed by atoms with Crippen LogP contribution in [0.15, 0.2) is 158 Å². The zero-order valence-corrected chi connectivity index (χ0v) is 46.2. The maximum absolute atomic E-state index is 12.9. The van der Waals surface area contributed by atoms with E-state index in [9.17, 15) is 19.4 Å². The lowest BCUT2D eigenvalue weighted by Gasteiger charge is -2.29. The molecule has 0 aliphatic heterocycles. The van der Waals surface area contributed by atoms with E-state index >= 15 is 0 Å². The number of amides is 1. The van der Waals surface area contributed by atoms with Crippen LogP contribution >= 0.6 is 7.82 Å². The number of phosphoric ester groups is 1. The number of unbranched alkanes of at least 4 members (excludes halogenated alkanes) is 10. The van der Waals surface area contributed by atoms with Crippen molar-refractivity contribution in [1.29, 1.82) is 0 Å². The molecule has 0 radical (unpaired) electrons. The molecule has 0 spiro atoms. The lowest BCUT2D eigenvalue weighted by Crippen LogP contribution is -2.45. The van der Waals surface area contributed by atoms with Gasteiger partial charge in [-0.1, -0.05) is 210 Å². The molecule has 0 rings (SSSR count). The fourth-order valence-corrected chi connectivity index (χ4v) is 7.47.